The summed E-state index contributed by atoms with van der Waals surface area (Å²) in [7, 11) is 0.985. The number of rotatable bonds is 10. The average Bonchev–Trinajstić information content (AvgIpc) is 2.72. The Balaban J connectivity index is 2.10. The Morgan fingerprint density at radius 2 is 1.73 bits per heavy atom. The van der Waals surface area contributed by atoms with Crippen LogP contribution in [0.5, 0.6) is 11.5 Å². The Morgan fingerprint density at radius 3 is 2.30 bits per heavy atom. The maximum Gasteiger partial charge on any atom is 0.242 e. The van der Waals surface area contributed by atoms with E-state index >= 15 is 0 Å². The first kappa shape index (κ1) is 23.6. The van der Waals surface area contributed by atoms with Crippen molar-refractivity contribution in [1.29, 1.82) is 0 Å². The van der Waals surface area contributed by atoms with Crippen LogP contribution in [0, 0.1) is 5.92 Å². The van der Waals surface area contributed by atoms with E-state index < -0.39 is 10.0 Å². The van der Waals surface area contributed by atoms with E-state index in [-0.39, 0.29) is 10.7 Å². The Hall–Kier alpha value is -2.64. The van der Waals surface area contributed by atoms with E-state index in [9.17, 15) is 13.2 Å². The summed E-state index contributed by atoms with van der Waals surface area (Å²) in [6.07, 6.45) is 4.09. The van der Waals surface area contributed by atoms with Crippen LogP contribution in [0.4, 0.5) is 0 Å². The number of ketones is 1. The number of benzene rings is 2. The number of hydrogen-bond donors (Lipinski definition) is 0. The number of nitrogens with zero attached hydrogens (tertiary/aromatic N) is 1. The second-order valence-electron chi connectivity index (χ2n) is 7.45. The minimum absolute atomic E-state index is 0.144. The first-order chi connectivity index (χ1) is 14.1. The van der Waals surface area contributed by atoms with E-state index in [2.05, 4.69) is 13.8 Å². The standard InChI is InChI=1S/C23H29NO5S/c1-17(2)14-15-29-22-13-7-18(16-23(22)28-5)6-12-21(25)19-8-10-20(11-9-19)30(26,27)24(3)4/h6-13,16-17H,14-15H2,1-5H3/b12-6+. The average molecular weight is 432 g/mol. The molecule has 0 heterocycles. The Kier molecular flexibility index (Phi) is 8.20. The summed E-state index contributed by atoms with van der Waals surface area (Å²) in [4.78, 5) is 12.6. The van der Waals surface area contributed by atoms with Gasteiger partial charge >= 0.3 is 0 Å². The fourth-order valence-corrected chi connectivity index (χ4v) is 3.48. The van der Waals surface area contributed by atoms with Gasteiger partial charge in [-0.2, -0.15) is 0 Å². The maximum atomic E-state index is 12.4. The molecular weight excluding hydrogens is 402 g/mol. The minimum Gasteiger partial charge on any atom is -0.493 e. The van der Waals surface area contributed by atoms with Gasteiger partial charge < -0.3 is 9.47 Å². The smallest absolute Gasteiger partial charge is 0.242 e. The Morgan fingerprint density at radius 1 is 1.07 bits per heavy atom. The van der Waals surface area contributed by atoms with Crippen molar-refractivity contribution in [3.8, 4) is 11.5 Å². The predicted molar refractivity (Wildman–Crippen MR) is 119 cm³/mol. The maximum absolute atomic E-state index is 12.4. The first-order valence-electron chi connectivity index (χ1n) is 9.71. The van der Waals surface area contributed by atoms with Gasteiger partial charge in [0.25, 0.3) is 0 Å². The Labute approximate surface area is 179 Å². The van der Waals surface area contributed by atoms with Gasteiger partial charge in [-0.25, -0.2) is 12.7 Å². The van der Waals surface area contributed by atoms with Crippen molar-refractivity contribution in [2.45, 2.75) is 25.2 Å². The number of ether oxygens (including phenoxy) is 2. The van der Waals surface area contributed by atoms with Crippen molar-refractivity contribution >= 4 is 21.9 Å². The SMILES string of the molecule is COc1cc(/C=C/C(=O)c2ccc(S(=O)(=O)N(C)C)cc2)ccc1OCCC(C)C. The lowest BCUT2D eigenvalue weighted by atomic mass is 10.1. The molecule has 0 atom stereocenters. The van der Waals surface area contributed by atoms with Crippen LogP contribution in [0.3, 0.4) is 0 Å². The molecule has 2 aromatic carbocycles. The highest BCUT2D eigenvalue weighted by atomic mass is 32.2. The molecule has 0 saturated heterocycles. The zero-order chi connectivity index (χ0) is 22.3. The molecule has 2 rings (SSSR count). The van der Waals surface area contributed by atoms with Gasteiger partial charge in [-0.05, 0) is 60.4 Å². The molecule has 2 aromatic rings. The van der Waals surface area contributed by atoms with Gasteiger partial charge in [0.15, 0.2) is 17.3 Å². The van der Waals surface area contributed by atoms with Crippen LogP contribution in [0.15, 0.2) is 53.4 Å². The molecule has 0 spiro atoms. The fourth-order valence-electron chi connectivity index (χ4n) is 2.58. The van der Waals surface area contributed by atoms with E-state index in [0.29, 0.717) is 29.6 Å². The van der Waals surface area contributed by atoms with E-state index in [4.69, 9.17) is 9.47 Å². The van der Waals surface area contributed by atoms with Crippen molar-refractivity contribution in [3.05, 3.63) is 59.7 Å². The molecule has 0 radical (unpaired) electrons. The number of carbonyl (C=O) groups is 1. The van der Waals surface area contributed by atoms with Crippen LogP contribution >= 0.6 is 0 Å². The quantitative estimate of drug-likeness (QED) is 0.415. The number of carbonyl (C=O) groups excluding carboxylic acids is 1. The molecule has 0 aromatic heterocycles. The molecule has 0 aliphatic carbocycles. The highest BCUT2D eigenvalue weighted by molar-refractivity contribution is 7.89. The topological polar surface area (TPSA) is 72.9 Å². The third kappa shape index (κ3) is 6.18. The minimum atomic E-state index is -3.52. The summed E-state index contributed by atoms with van der Waals surface area (Å²) < 4.78 is 36.5. The summed E-state index contributed by atoms with van der Waals surface area (Å²) in [5.41, 5.74) is 1.20. The molecule has 0 N–H and O–H groups in total. The van der Waals surface area contributed by atoms with E-state index in [1.165, 1.54) is 44.4 Å². The van der Waals surface area contributed by atoms with Gasteiger partial charge in [-0.1, -0.05) is 26.0 Å². The zero-order valence-corrected chi connectivity index (χ0v) is 18.9. The van der Waals surface area contributed by atoms with Gasteiger partial charge in [0, 0.05) is 19.7 Å². The van der Waals surface area contributed by atoms with E-state index in [0.717, 1.165) is 16.3 Å². The van der Waals surface area contributed by atoms with Crippen LogP contribution in [0.1, 0.15) is 36.2 Å². The molecule has 6 nitrogen and oxygen atoms in total. The molecule has 30 heavy (non-hydrogen) atoms. The molecule has 0 fully saturated rings. The van der Waals surface area contributed by atoms with Crippen molar-refractivity contribution < 1.29 is 22.7 Å². The summed E-state index contributed by atoms with van der Waals surface area (Å²) in [5, 5.41) is 0. The monoisotopic (exact) mass is 431 g/mol. The third-order valence-corrected chi connectivity index (χ3v) is 6.31. The van der Waals surface area contributed by atoms with Crippen LogP contribution in [-0.4, -0.2) is 46.3 Å². The lowest BCUT2D eigenvalue weighted by molar-refractivity contribution is 0.104. The molecule has 0 unspecified atom stereocenters. The van der Waals surface area contributed by atoms with Crippen molar-refractivity contribution in [2.24, 2.45) is 5.92 Å². The summed E-state index contributed by atoms with van der Waals surface area (Å²) in [6, 6.07) is 11.4. The molecule has 0 bridgehead atoms. The van der Waals surface area contributed by atoms with Crippen LogP contribution in [0.25, 0.3) is 6.08 Å². The number of allylic oxidation sites excluding steroid dienone is 1. The van der Waals surface area contributed by atoms with Gasteiger partial charge in [0.1, 0.15) is 0 Å². The van der Waals surface area contributed by atoms with Crippen LogP contribution in [-0.2, 0) is 10.0 Å². The van der Waals surface area contributed by atoms with E-state index in [1.54, 1.807) is 19.3 Å². The summed E-state index contributed by atoms with van der Waals surface area (Å²) in [6.45, 7) is 4.89. The second-order valence-corrected chi connectivity index (χ2v) is 9.60. The van der Waals surface area contributed by atoms with Gasteiger partial charge in [0.2, 0.25) is 10.0 Å². The normalized spacial score (nSPS) is 12.0. The molecule has 0 amide bonds. The first-order valence-corrected chi connectivity index (χ1v) is 11.1. The van der Waals surface area contributed by atoms with Gasteiger partial charge in [0.05, 0.1) is 18.6 Å². The highest BCUT2D eigenvalue weighted by Crippen LogP contribution is 2.29. The van der Waals surface area contributed by atoms with Crippen molar-refractivity contribution in [1.82, 2.24) is 4.31 Å². The molecule has 7 heteroatoms. The molecular formula is C23H29NO5S. The van der Waals surface area contributed by atoms with Gasteiger partial charge in [-0.15, -0.1) is 0 Å². The largest absolute Gasteiger partial charge is 0.493 e. The number of methoxy groups -OCH3 is 1. The van der Waals surface area contributed by atoms with Crippen molar-refractivity contribution in [2.75, 3.05) is 27.8 Å². The lowest BCUT2D eigenvalue weighted by Crippen LogP contribution is -2.22. The number of sulfonamides is 1. The predicted octanol–water partition coefficient (Wildman–Crippen LogP) is 4.27. The highest BCUT2D eigenvalue weighted by Gasteiger charge is 2.17. The summed E-state index contributed by atoms with van der Waals surface area (Å²) in [5.74, 6) is 1.60. The van der Waals surface area contributed by atoms with Crippen molar-refractivity contribution in [3.63, 3.8) is 0 Å². The second kappa shape index (κ2) is 10.4. The van der Waals surface area contributed by atoms with E-state index in [1.807, 2.05) is 12.1 Å². The number of hydrogen-bond acceptors (Lipinski definition) is 5. The summed E-state index contributed by atoms with van der Waals surface area (Å²) >= 11 is 0. The molecule has 0 aliphatic heterocycles. The zero-order valence-electron chi connectivity index (χ0n) is 18.1. The lowest BCUT2D eigenvalue weighted by Gasteiger charge is -2.12. The Bertz CT molecular complexity index is 993. The third-order valence-electron chi connectivity index (χ3n) is 4.49. The molecule has 0 aliphatic rings. The molecule has 162 valence electrons. The van der Waals surface area contributed by atoms with Gasteiger partial charge in [-0.3, -0.25) is 4.79 Å². The van der Waals surface area contributed by atoms with Crippen LogP contribution < -0.4 is 9.47 Å². The molecule has 0 saturated carbocycles. The fraction of sp³-hybridized carbons (Fsp3) is 0.348. The van der Waals surface area contributed by atoms with Crippen LogP contribution in [0.2, 0.25) is 0 Å².